The smallest absolute Gasteiger partial charge is 0.254 e. The van der Waals surface area contributed by atoms with Crippen LogP contribution in [0.4, 0.5) is 0 Å². The molecule has 0 aliphatic heterocycles. The van der Waals surface area contributed by atoms with Gasteiger partial charge in [-0.3, -0.25) is 14.3 Å². The zero-order valence-electron chi connectivity index (χ0n) is 17.2. The minimum absolute atomic E-state index is 0.131. The molecule has 0 aliphatic rings. The van der Waals surface area contributed by atoms with Crippen LogP contribution in [0.3, 0.4) is 0 Å². The molecule has 0 spiro atoms. The van der Waals surface area contributed by atoms with Crippen molar-refractivity contribution in [2.45, 2.75) is 13.3 Å². The summed E-state index contributed by atoms with van der Waals surface area (Å²) in [6, 6.07) is 9.12. The molecule has 156 valence electrons. The van der Waals surface area contributed by atoms with Crippen LogP contribution in [0.25, 0.3) is 17.1 Å². The summed E-state index contributed by atoms with van der Waals surface area (Å²) in [5.41, 5.74) is 3.18. The molecule has 0 unspecified atom stereocenters. The van der Waals surface area contributed by atoms with E-state index in [1.54, 1.807) is 21.8 Å². The fraction of sp³-hybridized carbons (Fsp3) is 0.182. The van der Waals surface area contributed by atoms with Gasteiger partial charge in [-0.25, -0.2) is 14.6 Å². The summed E-state index contributed by atoms with van der Waals surface area (Å²) in [4.78, 5) is 32.9. The summed E-state index contributed by atoms with van der Waals surface area (Å²) in [5.74, 6) is 0.298. The van der Waals surface area contributed by atoms with E-state index in [2.05, 4.69) is 25.5 Å². The molecule has 1 N–H and O–H groups in total. The number of nitrogens with one attached hydrogen (secondary N) is 1. The molecule has 9 nitrogen and oxygen atoms in total. The van der Waals surface area contributed by atoms with Gasteiger partial charge in [0.1, 0.15) is 11.4 Å². The summed E-state index contributed by atoms with van der Waals surface area (Å²) in [6.07, 6.45) is 8.51. The second-order valence-corrected chi connectivity index (χ2v) is 6.98. The number of hydrogen-bond donors (Lipinski definition) is 1. The molecule has 3 aromatic heterocycles. The molecule has 0 atom stereocenters. The standard InChI is InChI=1S/C22H21N7O2/c1-3-23-22(31)17-11-24-21(25-12-17)16-6-4-5-15(9-16)10-19-20(30)7-8-29(27-19)18-13-26-28(2)14-18/h4-9,11-14H,3,10H2,1-2H3,(H,23,31). The van der Waals surface area contributed by atoms with Crippen LogP contribution >= 0.6 is 0 Å². The van der Waals surface area contributed by atoms with Gasteiger partial charge in [0.15, 0.2) is 5.82 Å². The molecule has 0 radical (unpaired) electrons. The van der Waals surface area contributed by atoms with Gasteiger partial charge >= 0.3 is 0 Å². The summed E-state index contributed by atoms with van der Waals surface area (Å²) in [7, 11) is 1.82. The van der Waals surface area contributed by atoms with E-state index in [1.165, 1.54) is 18.5 Å². The first-order valence-corrected chi connectivity index (χ1v) is 9.81. The van der Waals surface area contributed by atoms with E-state index >= 15 is 0 Å². The highest BCUT2D eigenvalue weighted by atomic mass is 16.1. The van der Waals surface area contributed by atoms with Crippen molar-refractivity contribution in [1.29, 1.82) is 0 Å². The molecular weight excluding hydrogens is 394 g/mol. The lowest BCUT2D eigenvalue weighted by atomic mass is 10.1. The first kappa shape index (κ1) is 20.1. The fourth-order valence-electron chi connectivity index (χ4n) is 3.11. The van der Waals surface area contributed by atoms with E-state index in [0.717, 1.165) is 16.8 Å². The Morgan fingerprint density at radius 2 is 1.94 bits per heavy atom. The van der Waals surface area contributed by atoms with Gasteiger partial charge < -0.3 is 5.32 Å². The fourth-order valence-corrected chi connectivity index (χ4v) is 3.11. The number of aryl methyl sites for hydroxylation is 1. The van der Waals surface area contributed by atoms with E-state index in [1.807, 2.05) is 44.4 Å². The Hall–Kier alpha value is -4.14. The van der Waals surface area contributed by atoms with Gasteiger partial charge in [0.25, 0.3) is 5.91 Å². The third-order valence-corrected chi connectivity index (χ3v) is 4.64. The molecule has 0 aliphatic carbocycles. The monoisotopic (exact) mass is 415 g/mol. The Labute approximate surface area is 178 Å². The molecule has 1 amide bonds. The van der Waals surface area contributed by atoms with Crippen molar-refractivity contribution < 1.29 is 4.79 Å². The molecule has 4 aromatic rings. The lowest BCUT2D eigenvalue weighted by Gasteiger charge is -2.07. The van der Waals surface area contributed by atoms with Crippen molar-refractivity contribution in [2.24, 2.45) is 7.05 Å². The third kappa shape index (κ3) is 4.55. The van der Waals surface area contributed by atoms with Gasteiger partial charge in [-0.1, -0.05) is 18.2 Å². The number of amides is 1. The van der Waals surface area contributed by atoms with Crippen molar-refractivity contribution in [3.63, 3.8) is 0 Å². The quantitative estimate of drug-likeness (QED) is 0.514. The molecular formula is C22H21N7O2. The normalized spacial score (nSPS) is 10.8. The second kappa shape index (κ2) is 8.70. The van der Waals surface area contributed by atoms with E-state index in [-0.39, 0.29) is 11.3 Å². The molecule has 9 heteroatoms. The van der Waals surface area contributed by atoms with E-state index in [9.17, 15) is 9.59 Å². The Kier molecular flexibility index (Phi) is 5.65. The summed E-state index contributed by atoms with van der Waals surface area (Å²) < 4.78 is 3.31. The van der Waals surface area contributed by atoms with Crippen LogP contribution < -0.4 is 10.7 Å². The maximum Gasteiger partial charge on any atom is 0.254 e. The second-order valence-electron chi connectivity index (χ2n) is 6.98. The highest BCUT2D eigenvalue weighted by Gasteiger charge is 2.10. The lowest BCUT2D eigenvalue weighted by Crippen LogP contribution is -2.22. The Morgan fingerprint density at radius 3 is 2.65 bits per heavy atom. The molecule has 0 saturated carbocycles. The first-order valence-electron chi connectivity index (χ1n) is 9.81. The number of carbonyl (C=O) groups is 1. The number of hydrogen-bond acceptors (Lipinski definition) is 6. The highest BCUT2D eigenvalue weighted by molar-refractivity contribution is 5.93. The Balaban J connectivity index is 1.58. The van der Waals surface area contributed by atoms with Gasteiger partial charge in [-0.15, -0.1) is 0 Å². The van der Waals surface area contributed by atoms with Gasteiger partial charge in [0, 0.05) is 50.2 Å². The van der Waals surface area contributed by atoms with E-state index in [4.69, 9.17) is 0 Å². The van der Waals surface area contributed by atoms with Gasteiger partial charge in [0.2, 0.25) is 5.43 Å². The summed E-state index contributed by atoms with van der Waals surface area (Å²) >= 11 is 0. The first-order chi connectivity index (χ1) is 15.0. The minimum atomic E-state index is -0.206. The largest absolute Gasteiger partial charge is 0.352 e. The number of aromatic nitrogens is 6. The van der Waals surface area contributed by atoms with E-state index < -0.39 is 0 Å². The molecule has 0 saturated heterocycles. The molecule has 31 heavy (non-hydrogen) atoms. The molecule has 1 aromatic carbocycles. The van der Waals surface area contributed by atoms with Gasteiger partial charge in [-0.2, -0.15) is 10.2 Å². The van der Waals surface area contributed by atoms with Crippen molar-refractivity contribution in [2.75, 3.05) is 6.54 Å². The highest BCUT2D eigenvalue weighted by Crippen LogP contribution is 2.17. The van der Waals surface area contributed by atoms with Crippen LogP contribution in [-0.4, -0.2) is 42.0 Å². The molecule has 0 bridgehead atoms. The maximum atomic E-state index is 12.4. The number of carbonyl (C=O) groups excluding carboxylic acids is 1. The van der Waals surface area contributed by atoms with Crippen LogP contribution in [0.15, 0.2) is 66.1 Å². The molecule has 0 fully saturated rings. The van der Waals surface area contributed by atoms with Crippen LogP contribution in [0, 0.1) is 0 Å². The zero-order valence-corrected chi connectivity index (χ0v) is 17.2. The molecule has 3 heterocycles. The topological polar surface area (TPSA) is 108 Å². The van der Waals surface area contributed by atoms with Gasteiger partial charge in [0.05, 0.1) is 18.0 Å². The number of nitrogens with zero attached hydrogens (tertiary/aromatic N) is 6. The van der Waals surface area contributed by atoms with E-state index in [0.29, 0.717) is 30.0 Å². The zero-order chi connectivity index (χ0) is 21.8. The average molecular weight is 415 g/mol. The van der Waals surface area contributed by atoms with Crippen LogP contribution in [0.1, 0.15) is 28.5 Å². The molecule has 4 rings (SSSR count). The van der Waals surface area contributed by atoms with Crippen molar-refractivity contribution in [3.05, 3.63) is 88.4 Å². The van der Waals surface area contributed by atoms with Crippen molar-refractivity contribution >= 4 is 5.91 Å². The van der Waals surface area contributed by atoms with Gasteiger partial charge in [-0.05, 0) is 18.6 Å². The predicted octanol–water partition coefficient (Wildman–Crippen LogP) is 1.76. The summed E-state index contributed by atoms with van der Waals surface area (Å²) in [6.45, 7) is 2.39. The van der Waals surface area contributed by atoms with Crippen LogP contribution in [-0.2, 0) is 13.5 Å². The maximum absolute atomic E-state index is 12.4. The minimum Gasteiger partial charge on any atom is -0.352 e. The number of benzene rings is 1. The van der Waals surface area contributed by atoms with Crippen molar-refractivity contribution in [1.82, 2.24) is 34.8 Å². The average Bonchev–Trinajstić information content (AvgIpc) is 3.22. The number of rotatable bonds is 6. The Bertz CT molecular complexity index is 1280. The van der Waals surface area contributed by atoms with Crippen molar-refractivity contribution in [3.8, 4) is 17.1 Å². The SMILES string of the molecule is CCNC(=O)c1cnc(-c2cccc(Cc3nn(-c4cnn(C)c4)ccc3=O)c2)nc1. The van der Waals surface area contributed by atoms with Crippen LogP contribution in [0.5, 0.6) is 0 Å². The van der Waals surface area contributed by atoms with Crippen LogP contribution in [0.2, 0.25) is 0 Å². The lowest BCUT2D eigenvalue weighted by molar-refractivity contribution is 0.0955. The third-order valence-electron chi connectivity index (χ3n) is 4.64. The predicted molar refractivity (Wildman–Crippen MR) is 115 cm³/mol. The summed E-state index contributed by atoms with van der Waals surface area (Å²) in [5, 5.41) is 11.3. The Morgan fingerprint density at radius 1 is 1.13 bits per heavy atom.